The summed E-state index contributed by atoms with van der Waals surface area (Å²) in [6.07, 6.45) is 12.6. The van der Waals surface area contributed by atoms with Crippen LogP contribution in [0.25, 0.3) is 0 Å². The lowest BCUT2D eigenvalue weighted by molar-refractivity contribution is 0.165. The zero-order valence-electron chi connectivity index (χ0n) is 13.2. The van der Waals surface area contributed by atoms with Crippen molar-refractivity contribution in [3.8, 4) is 0 Å². The van der Waals surface area contributed by atoms with E-state index >= 15 is 0 Å². The Kier molecular flexibility index (Phi) is 3.95. The highest BCUT2D eigenvalue weighted by atomic mass is 14.7. The van der Waals surface area contributed by atoms with Gasteiger partial charge in [-0.2, -0.15) is 0 Å². The maximum absolute atomic E-state index is 2.58. The monoisotopic (exact) mass is 248 g/mol. The van der Waals surface area contributed by atoms with Crippen LogP contribution in [0.3, 0.4) is 0 Å². The van der Waals surface area contributed by atoms with Crippen LogP contribution >= 0.6 is 0 Å². The van der Waals surface area contributed by atoms with Gasteiger partial charge in [-0.1, -0.05) is 45.3 Å². The third-order valence-corrected chi connectivity index (χ3v) is 5.85. The molecule has 0 aliphatic heterocycles. The van der Waals surface area contributed by atoms with Gasteiger partial charge < -0.3 is 0 Å². The minimum Gasteiger partial charge on any atom is -0.0856 e. The molecule has 0 heterocycles. The summed E-state index contributed by atoms with van der Waals surface area (Å²) in [6, 6.07) is 0. The van der Waals surface area contributed by atoms with Gasteiger partial charge in [-0.05, 0) is 68.6 Å². The van der Waals surface area contributed by atoms with E-state index in [1.165, 1.54) is 50.5 Å². The molecule has 0 nitrogen and oxygen atoms in total. The lowest BCUT2D eigenvalue weighted by atomic mass is 9.72. The molecular weight excluding hydrogens is 216 g/mol. The van der Waals surface area contributed by atoms with E-state index in [2.05, 4.69) is 40.7 Å². The van der Waals surface area contributed by atoms with Gasteiger partial charge in [0, 0.05) is 0 Å². The molecule has 104 valence electrons. The maximum atomic E-state index is 2.58. The van der Waals surface area contributed by atoms with Crippen molar-refractivity contribution in [2.24, 2.45) is 22.7 Å². The standard InChI is InChI=1S/C18H32/c1-6-10-18(11-12-18)16(7-2)17(5)13-15(17)9-8-14(3)4/h8,15-16H,6-7,9-13H2,1-5H3. The van der Waals surface area contributed by atoms with Crippen molar-refractivity contribution in [1.29, 1.82) is 0 Å². The fourth-order valence-corrected chi connectivity index (χ4v) is 4.66. The van der Waals surface area contributed by atoms with Gasteiger partial charge in [0.15, 0.2) is 0 Å². The van der Waals surface area contributed by atoms with Gasteiger partial charge in [0.05, 0.1) is 0 Å². The number of allylic oxidation sites excluding steroid dienone is 2. The Balaban J connectivity index is 2.00. The lowest BCUT2D eigenvalue weighted by Gasteiger charge is -2.32. The van der Waals surface area contributed by atoms with Crippen LogP contribution in [0.15, 0.2) is 11.6 Å². The predicted octanol–water partition coefficient (Wildman–Crippen LogP) is 5.98. The largest absolute Gasteiger partial charge is 0.0856 e. The van der Waals surface area contributed by atoms with Gasteiger partial charge in [-0.15, -0.1) is 0 Å². The Morgan fingerprint density at radius 2 is 1.94 bits per heavy atom. The molecule has 0 amide bonds. The summed E-state index contributed by atoms with van der Waals surface area (Å²) in [5, 5.41) is 0. The van der Waals surface area contributed by atoms with E-state index < -0.39 is 0 Å². The number of rotatable bonds is 7. The molecule has 0 heteroatoms. The molecule has 2 rings (SSSR count). The molecule has 2 aliphatic rings. The highest BCUT2D eigenvalue weighted by Crippen LogP contribution is 2.71. The van der Waals surface area contributed by atoms with Crippen molar-refractivity contribution < 1.29 is 0 Å². The highest BCUT2D eigenvalue weighted by molar-refractivity contribution is 5.13. The molecule has 0 bridgehead atoms. The number of hydrogen-bond donors (Lipinski definition) is 0. The van der Waals surface area contributed by atoms with Crippen molar-refractivity contribution in [3.05, 3.63) is 11.6 Å². The average molecular weight is 248 g/mol. The van der Waals surface area contributed by atoms with Crippen LogP contribution in [0.1, 0.15) is 79.6 Å². The molecule has 0 radical (unpaired) electrons. The van der Waals surface area contributed by atoms with Crippen molar-refractivity contribution in [3.63, 3.8) is 0 Å². The van der Waals surface area contributed by atoms with Crippen LogP contribution in [0.4, 0.5) is 0 Å². The smallest absolute Gasteiger partial charge is 0.0258 e. The highest BCUT2D eigenvalue weighted by Gasteiger charge is 2.62. The minimum atomic E-state index is 0.673. The van der Waals surface area contributed by atoms with Crippen molar-refractivity contribution in [2.45, 2.75) is 79.6 Å². The third-order valence-electron chi connectivity index (χ3n) is 5.85. The summed E-state index contributed by atoms with van der Waals surface area (Å²) in [7, 11) is 0. The van der Waals surface area contributed by atoms with E-state index in [1.807, 2.05) is 0 Å². The van der Waals surface area contributed by atoms with Gasteiger partial charge in [0.1, 0.15) is 0 Å². The molecule has 3 atom stereocenters. The molecule has 0 aromatic rings. The Labute approximate surface area is 114 Å². The van der Waals surface area contributed by atoms with Crippen molar-refractivity contribution >= 4 is 0 Å². The van der Waals surface area contributed by atoms with Gasteiger partial charge in [-0.25, -0.2) is 0 Å². The first-order chi connectivity index (χ1) is 8.48. The third kappa shape index (κ3) is 2.53. The van der Waals surface area contributed by atoms with Crippen LogP contribution in [0.2, 0.25) is 0 Å². The SMILES string of the molecule is CCCC1(C(CC)C2(C)CC2CC=C(C)C)CC1. The Hall–Kier alpha value is -0.260. The van der Waals surface area contributed by atoms with Crippen LogP contribution in [0.5, 0.6) is 0 Å². The summed E-state index contributed by atoms with van der Waals surface area (Å²) >= 11 is 0. The van der Waals surface area contributed by atoms with Gasteiger partial charge in [-0.3, -0.25) is 0 Å². The normalized spacial score (nSPS) is 33.9. The Morgan fingerprint density at radius 3 is 2.39 bits per heavy atom. The molecule has 0 aromatic carbocycles. The first-order valence-corrected chi connectivity index (χ1v) is 8.12. The molecule has 2 aliphatic carbocycles. The molecule has 2 fully saturated rings. The van der Waals surface area contributed by atoms with E-state index in [-0.39, 0.29) is 0 Å². The first kappa shape index (κ1) is 14.2. The summed E-state index contributed by atoms with van der Waals surface area (Å²) < 4.78 is 0. The quantitative estimate of drug-likeness (QED) is 0.486. The molecule has 0 aromatic heterocycles. The minimum absolute atomic E-state index is 0.673. The predicted molar refractivity (Wildman–Crippen MR) is 80.6 cm³/mol. The maximum Gasteiger partial charge on any atom is -0.0258 e. The van der Waals surface area contributed by atoms with Crippen LogP contribution in [-0.4, -0.2) is 0 Å². The zero-order valence-corrected chi connectivity index (χ0v) is 13.2. The summed E-state index contributed by atoms with van der Waals surface area (Å²) in [5.41, 5.74) is 2.93. The summed E-state index contributed by atoms with van der Waals surface area (Å²) in [5.74, 6) is 1.98. The molecular formula is C18H32. The second-order valence-corrected chi connectivity index (χ2v) is 7.50. The van der Waals surface area contributed by atoms with Crippen LogP contribution < -0.4 is 0 Å². The van der Waals surface area contributed by atoms with Crippen LogP contribution in [0, 0.1) is 22.7 Å². The van der Waals surface area contributed by atoms with Crippen molar-refractivity contribution in [2.75, 3.05) is 0 Å². The molecule has 18 heavy (non-hydrogen) atoms. The fourth-order valence-electron chi connectivity index (χ4n) is 4.66. The average Bonchev–Trinajstić information content (AvgIpc) is 3.17. The van der Waals surface area contributed by atoms with Crippen molar-refractivity contribution in [1.82, 2.24) is 0 Å². The Bertz CT molecular complexity index is 317. The van der Waals surface area contributed by atoms with Gasteiger partial charge in [0.2, 0.25) is 0 Å². The van der Waals surface area contributed by atoms with E-state index in [9.17, 15) is 0 Å². The molecule has 3 unspecified atom stereocenters. The zero-order chi connectivity index (χ0) is 13.4. The Morgan fingerprint density at radius 1 is 1.28 bits per heavy atom. The second kappa shape index (κ2) is 5.02. The number of hydrogen-bond acceptors (Lipinski definition) is 0. The van der Waals surface area contributed by atoms with E-state index in [4.69, 9.17) is 0 Å². The summed E-state index contributed by atoms with van der Waals surface area (Å²) in [6.45, 7) is 11.8. The second-order valence-electron chi connectivity index (χ2n) is 7.50. The fraction of sp³-hybridized carbons (Fsp3) is 0.889. The van der Waals surface area contributed by atoms with E-state index in [0.717, 1.165) is 17.3 Å². The lowest BCUT2D eigenvalue weighted by Crippen LogP contribution is -2.25. The first-order valence-electron chi connectivity index (χ1n) is 8.12. The molecule has 0 N–H and O–H groups in total. The van der Waals surface area contributed by atoms with Crippen LogP contribution in [-0.2, 0) is 0 Å². The molecule has 0 saturated heterocycles. The summed E-state index contributed by atoms with van der Waals surface area (Å²) in [4.78, 5) is 0. The molecule has 2 saturated carbocycles. The van der Waals surface area contributed by atoms with Gasteiger partial charge >= 0.3 is 0 Å². The topological polar surface area (TPSA) is 0 Å². The van der Waals surface area contributed by atoms with Gasteiger partial charge in [0.25, 0.3) is 0 Å². The molecule has 0 spiro atoms. The van der Waals surface area contributed by atoms with E-state index in [0.29, 0.717) is 5.41 Å². The van der Waals surface area contributed by atoms with E-state index in [1.54, 1.807) is 0 Å².